The Morgan fingerprint density at radius 3 is 2.54 bits per heavy atom. The summed E-state index contributed by atoms with van der Waals surface area (Å²) in [4.78, 5) is 11.8. The van der Waals surface area contributed by atoms with Crippen LogP contribution in [0.2, 0.25) is 0 Å². The number of rotatable bonds is 5. The van der Waals surface area contributed by atoms with Crippen molar-refractivity contribution in [3.05, 3.63) is 48.2 Å². The van der Waals surface area contributed by atoms with Crippen molar-refractivity contribution in [1.82, 2.24) is 15.5 Å². The fourth-order valence-electron chi connectivity index (χ4n) is 3.19. The number of carbonyl (C=O) groups is 1. The molecule has 6 nitrogen and oxygen atoms in total. The molecule has 0 aliphatic carbocycles. The first-order valence-electron chi connectivity index (χ1n) is 9.49. The van der Waals surface area contributed by atoms with Gasteiger partial charge >= 0.3 is 6.09 Å². The molecule has 28 heavy (non-hydrogen) atoms. The highest BCUT2D eigenvalue weighted by atomic mass is 16.6. The minimum absolute atomic E-state index is 0.182. The van der Waals surface area contributed by atoms with Crippen LogP contribution in [-0.4, -0.2) is 35.5 Å². The van der Waals surface area contributed by atoms with E-state index in [-0.39, 0.29) is 12.0 Å². The van der Waals surface area contributed by atoms with Crippen molar-refractivity contribution in [1.29, 1.82) is 0 Å². The van der Waals surface area contributed by atoms with Crippen LogP contribution < -0.4 is 10.6 Å². The largest absolute Gasteiger partial charge is 0.444 e. The fraction of sp³-hybridized carbons (Fsp3) is 0.364. The number of anilines is 1. The first-order chi connectivity index (χ1) is 13.3. The van der Waals surface area contributed by atoms with E-state index >= 15 is 0 Å². The molecule has 1 heterocycles. The van der Waals surface area contributed by atoms with Gasteiger partial charge in [-0.15, -0.1) is 0 Å². The minimum atomic E-state index is -0.490. The van der Waals surface area contributed by atoms with Gasteiger partial charge in [0.2, 0.25) is 0 Å². The molecule has 6 heteroatoms. The standard InChI is InChI=1S/C22H28N4O2/c1-14(12-24-21(27)28-22(2,3)4)15-6-8-16(9-7-15)17-10-11-19-18(13-25-26-19)20(17)23-5/h6-11,13-14,23H,12H2,1-5H3,(H,24,27)(H,25,26). The Hall–Kier alpha value is -3.02. The summed E-state index contributed by atoms with van der Waals surface area (Å²) < 4.78 is 5.29. The Morgan fingerprint density at radius 2 is 1.89 bits per heavy atom. The number of fused-ring (bicyclic) bond motifs is 1. The van der Waals surface area contributed by atoms with Crippen molar-refractivity contribution >= 4 is 22.7 Å². The number of benzene rings is 2. The summed E-state index contributed by atoms with van der Waals surface area (Å²) in [5.41, 5.74) is 4.99. The smallest absolute Gasteiger partial charge is 0.407 e. The van der Waals surface area contributed by atoms with Gasteiger partial charge in [-0.05, 0) is 43.9 Å². The third-order valence-electron chi connectivity index (χ3n) is 4.62. The summed E-state index contributed by atoms with van der Waals surface area (Å²) in [5, 5.41) is 14.3. The molecule has 0 saturated heterocycles. The van der Waals surface area contributed by atoms with Crippen LogP contribution in [0, 0.1) is 0 Å². The molecule has 148 valence electrons. The second-order valence-electron chi connectivity index (χ2n) is 7.98. The van der Waals surface area contributed by atoms with Crippen LogP contribution in [0.15, 0.2) is 42.6 Å². The Labute approximate surface area is 165 Å². The highest BCUT2D eigenvalue weighted by Gasteiger charge is 2.17. The van der Waals surface area contributed by atoms with Crippen molar-refractivity contribution in [2.75, 3.05) is 18.9 Å². The van der Waals surface area contributed by atoms with Gasteiger partial charge in [-0.25, -0.2) is 4.79 Å². The maximum Gasteiger partial charge on any atom is 0.407 e. The molecule has 0 fully saturated rings. The highest BCUT2D eigenvalue weighted by molar-refractivity contribution is 5.99. The fourth-order valence-corrected chi connectivity index (χ4v) is 3.19. The number of alkyl carbamates (subject to hydrolysis) is 1. The molecule has 0 spiro atoms. The molecule has 0 bridgehead atoms. The lowest BCUT2D eigenvalue weighted by atomic mass is 9.96. The third-order valence-corrected chi connectivity index (χ3v) is 4.62. The summed E-state index contributed by atoms with van der Waals surface area (Å²) in [6.07, 6.45) is 1.45. The van der Waals surface area contributed by atoms with Gasteiger partial charge in [-0.1, -0.05) is 37.3 Å². The van der Waals surface area contributed by atoms with E-state index in [1.54, 1.807) is 0 Å². The number of H-pyrrole nitrogens is 1. The lowest BCUT2D eigenvalue weighted by Crippen LogP contribution is -2.34. The first-order valence-corrected chi connectivity index (χ1v) is 9.49. The molecule has 1 aromatic heterocycles. The maximum atomic E-state index is 11.8. The van der Waals surface area contributed by atoms with Crippen LogP contribution >= 0.6 is 0 Å². The van der Waals surface area contributed by atoms with Crippen LogP contribution in [0.4, 0.5) is 10.5 Å². The first kappa shape index (κ1) is 19.7. The lowest BCUT2D eigenvalue weighted by Gasteiger charge is -2.21. The maximum absolute atomic E-state index is 11.8. The number of amides is 1. The van der Waals surface area contributed by atoms with Crippen molar-refractivity contribution < 1.29 is 9.53 Å². The SMILES string of the molecule is CNc1c(-c2ccc(C(C)CNC(=O)OC(C)(C)C)cc2)ccc2[nH]ncc12. The molecule has 1 unspecified atom stereocenters. The summed E-state index contributed by atoms with van der Waals surface area (Å²) in [6, 6.07) is 12.6. The second kappa shape index (κ2) is 7.92. The van der Waals surface area contributed by atoms with Gasteiger partial charge < -0.3 is 15.4 Å². The molecule has 1 atom stereocenters. The number of carbonyl (C=O) groups excluding carboxylic acids is 1. The molecule has 3 N–H and O–H groups in total. The summed E-state index contributed by atoms with van der Waals surface area (Å²) in [7, 11) is 1.92. The molecule has 0 radical (unpaired) electrons. The zero-order valence-electron chi connectivity index (χ0n) is 17.1. The molecular weight excluding hydrogens is 352 g/mol. The van der Waals surface area contributed by atoms with E-state index in [2.05, 4.69) is 58.1 Å². The van der Waals surface area contributed by atoms with Gasteiger partial charge in [0.15, 0.2) is 0 Å². The quantitative estimate of drug-likeness (QED) is 0.588. The van der Waals surface area contributed by atoms with Gasteiger partial charge in [-0.2, -0.15) is 5.10 Å². The number of nitrogens with one attached hydrogen (secondary N) is 3. The van der Waals surface area contributed by atoms with Gasteiger partial charge in [0.05, 0.1) is 17.4 Å². The van der Waals surface area contributed by atoms with Crippen LogP contribution in [-0.2, 0) is 4.74 Å². The van der Waals surface area contributed by atoms with Crippen molar-refractivity contribution in [3.8, 4) is 11.1 Å². The third kappa shape index (κ3) is 4.44. The van der Waals surface area contributed by atoms with Crippen molar-refractivity contribution in [2.45, 2.75) is 39.2 Å². The average Bonchev–Trinajstić information content (AvgIpc) is 3.13. The van der Waals surface area contributed by atoms with Crippen LogP contribution in [0.3, 0.4) is 0 Å². The normalized spacial score (nSPS) is 12.6. The van der Waals surface area contributed by atoms with Crippen molar-refractivity contribution in [3.63, 3.8) is 0 Å². The number of hydrogen-bond donors (Lipinski definition) is 3. The average molecular weight is 380 g/mol. The zero-order chi connectivity index (χ0) is 20.3. The van der Waals surface area contributed by atoms with Crippen molar-refractivity contribution in [2.24, 2.45) is 0 Å². The molecule has 1 amide bonds. The topological polar surface area (TPSA) is 79.0 Å². The predicted molar refractivity (Wildman–Crippen MR) is 114 cm³/mol. The van der Waals surface area contributed by atoms with E-state index in [1.165, 1.54) is 0 Å². The summed E-state index contributed by atoms with van der Waals surface area (Å²) in [6.45, 7) is 8.18. The van der Waals surface area contributed by atoms with Crippen LogP contribution in [0.5, 0.6) is 0 Å². The van der Waals surface area contributed by atoms with Crippen LogP contribution in [0.25, 0.3) is 22.0 Å². The molecule has 0 aliphatic heterocycles. The zero-order valence-corrected chi connectivity index (χ0v) is 17.1. The Bertz CT molecular complexity index is 955. The van der Waals surface area contributed by atoms with Crippen LogP contribution in [0.1, 0.15) is 39.2 Å². The predicted octanol–water partition coefficient (Wildman–Crippen LogP) is 4.90. The van der Waals surface area contributed by atoms with Gasteiger partial charge in [-0.3, -0.25) is 5.10 Å². The number of ether oxygens (including phenoxy) is 1. The Kier molecular flexibility index (Phi) is 5.58. The van der Waals surface area contributed by atoms with E-state index in [1.807, 2.05) is 40.1 Å². The van der Waals surface area contributed by atoms with E-state index in [0.29, 0.717) is 6.54 Å². The molecular formula is C22H28N4O2. The van der Waals surface area contributed by atoms with E-state index in [0.717, 1.165) is 33.3 Å². The number of aromatic nitrogens is 2. The van der Waals surface area contributed by atoms with Gasteiger partial charge in [0, 0.05) is 24.5 Å². The minimum Gasteiger partial charge on any atom is -0.444 e. The van der Waals surface area contributed by atoms with E-state index in [9.17, 15) is 4.79 Å². The molecule has 0 saturated carbocycles. The Balaban J connectivity index is 1.72. The molecule has 3 aromatic rings. The monoisotopic (exact) mass is 380 g/mol. The van der Waals surface area contributed by atoms with E-state index < -0.39 is 5.60 Å². The Morgan fingerprint density at radius 1 is 1.18 bits per heavy atom. The number of nitrogens with zero attached hydrogens (tertiary/aromatic N) is 1. The lowest BCUT2D eigenvalue weighted by molar-refractivity contribution is 0.0525. The molecule has 2 aromatic carbocycles. The van der Waals surface area contributed by atoms with Gasteiger partial charge in [0.25, 0.3) is 0 Å². The van der Waals surface area contributed by atoms with Gasteiger partial charge in [0.1, 0.15) is 5.60 Å². The second-order valence-corrected chi connectivity index (χ2v) is 7.98. The highest BCUT2D eigenvalue weighted by Crippen LogP contribution is 2.34. The molecule has 0 aliphatic rings. The summed E-state index contributed by atoms with van der Waals surface area (Å²) in [5.74, 6) is 0.182. The number of hydrogen-bond acceptors (Lipinski definition) is 4. The number of aromatic amines is 1. The molecule has 3 rings (SSSR count). The van der Waals surface area contributed by atoms with E-state index in [4.69, 9.17) is 4.74 Å². The summed E-state index contributed by atoms with van der Waals surface area (Å²) >= 11 is 0.